The normalized spacial score (nSPS) is 11.9. The van der Waals surface area contributed by atoms with Gasteiger partial charge in [-0.05, 0) is 35.0 Å². The zero-order valence-corrected chi connectivity index (χ0v) is 9.50. The number of thiophene rings is 1. The highest BCUT2D eigenvalue weighted by Crippen LogP contribution is 2.23. The average Bonchev–Trinajstić information content (AvgIpc) is 2.76. The molecule has 1 aromatic carbocycles. The Bertz CT molecular complexity index is 507. The maximum absolute atomic E-state index is 8.38. The second-order valence-corrected chi connectivity index (χ2v) is 4.39. The third-order valence-electron chi connectivity index (χ3n) is 2.29. The van der Waals surface area contributed by atoms with Crippen molar-refractivity contribution in [2.75, 3.05) is 11.9 Å². The number of benzene rings is 1. The van der Waals surface area contributed by atoms with Crippen LogP contribution in [-0.4, -0.2) is 17.6 Å². The molecule has 2 aromatic rings. The number of amidine groups is 1. The first-order chi connectivity index (χ1) is 7.79. The van der Waals surface area contributed by atoms with Crippen molar-refractivity contribution < 1.29 is 5.21 Å². The highest BCUT2D eigenvalue weighted by Gasteiger charge is 1.98. The standard InChI is InChI=1S/C11H13N3OS/c12-11(14-15)3-5-13-9-1-2-10-8(7-9)4-6-16-10/h1-2,4,6-7,13,15H,3,5H2,(H2,12,14). The lowest BCUT2D eigenvalue weighted by Gasteiger charge is -2.05. The molecule has 0 spiro atoms. The molecule has 1 heterocycles. The Balaban J connectivity index is 1.99. The van der Waals surface area contributed by atoms with Gasteiger partial charge in [0.2, 0.25) is 0 Å². The van der Waals surface area contributed by atoms with Crippen molar-refractivity contribution in [1.82, 2.24) is 0 Å². The van der Waals surface area contributed by atoms with Gasteiger partial charge in [0.15, 0.2) is 0 Å². The van der Waals surface area contributed by atoms with E-state index in [0.717, 1.165) is 5.69 Å². The van der Waals surface area contributed by atoms with Crippen LogP contribution in [0, 0.1) is 0 Å². The number of rotatable bonds is 4. The Kier molecular flexibility index (Phi) is 3.26. The largest absolute Gasteiger partial charge is 0.409 e. The molecule has 4 nitrogen and oxygen atoms in total. The lowest BCUT2D eigenvalue weighted by atomic mass is 10.2. The van der Waals surface area contributed by atoms with E-state index in [2.05, 4.69) is 34.1 Å². The molecule has 0 unspecified atom stereocenters. The van der Waals surface area contributed by atoms with Crippen LogP contribution < -0.4 is 11.1 Å². The van der Waals surface area contributed by atoms with Gasteiger partial charge < -0.3 is 16.3 Å². The van der Waals surface area contributed by atoms with Crippen molar-refractivity contribution in [3.63, 3.8) is 0 Å². The Morgan fingerprint density at radius 3 is 3.12 bits per heavy atom. The van der Waals surface area contributed by atoms with Crippen molar-refractivity contribution in [2.24, 2.45) is 10.9 Å². The molecule has 0 bridgehead atoms. The summed E-state index contributed by atoms with van der Waals surface area (Å²) in [6, 6.07) is 8.31. The van der Waals surface area contributed by atoms with Gasteiger partial charge in [-0.3, -0.25) is 0 Å². The average molecular weight is 235 g/mol. The Hall–Kier alpha value is -1.75. The fourth-order valence-electron chi connectivity index (χ4n) is 1.46. The Morgan fingerprint density at radius 2 is 2.31 bits per heavy atom. The molecule has 1 aromatic heterocycles. The Labute approximate surface area is 97.4 Å². The highest BCUT2D eigenvalue weighted by molar-refractivity contribution is 7.17. The molecule has 16 heavy (non-hydrogen) atoms. The summed E-state index contributed by atoms with van der Waals surface area (Å²) in [5.74, 6) is 0.240. The molecule has 0 amide bonds. The maximum atomic E-state index is 8.38. The van der Waals surface area contributed by atoms with E-state index in [1.807, 2.05) is 6.07 Å². The van der Waals surface area contributed by atoms with Gasteiger partial charge >= 0.3 is 0 Å². The SMILES string of the molecule is NC(CCNc1ccc2sccc2c1)=NO. The molecule has 0 saturated carbocycles. The van der Waals surface area contributed by atoms with E-state index in [-0.39, 0.29) is 5.84 Å². The molecule has 5 heteroatoms. The van der Waals surface area contributed by atoms with E-state index in [0.29, 0.717) is 13.0 Å². The summed E-state index contributed by atoms with van der Waals surface area (Å²) < 4.78 is 1.28. The number of hydrogen-bond acceptors (Lipinski definition) is 4. The summed E-state index contributed by atoms with van der Waals surface area (Å²) in [7, 11) is 0. The van der Waals surface area contributed by atoms with Crippen molar-refractivity contribution in [3.8, 4) is 0 Å². The van der Waals surface area contributed by atoms with Crippen LogP contribution >= 0.6 is 11.3 Å². The van der Waals surface area contributed by atoms with Gasteiger partial charge in [0.25, 0.3) is 0 Å². The molecule has 0 aliphatic rings. The summed E-state index contributed by atoms with van der Waals surface area (Å²) in [5.41, 5.74) is 6.43. The van der Waals surface area contributed by atoms with E-state index >= 15 is 0 Å². The number of nitrogens with zero attached hydrogens (tertiary/aromatic N) is 1. The highest BCUT2D eigenvalue weighted by atomic mass is 32.1. The molecule has 0 fully saturated rings. The van der Waals surface area contributed by atoms with Crippen LogP contribution in [0.5, 0.6) is 0 Å². The first kappa shape index (κ1) is 10.8. The number of oxime groups is 1. The van der Waals surface area contributed by atoms with Crippen molar-refractivity contribution in [3.05, 3.63) is 29.6 Å². The first-order valence-corrected chi connectivity index (χ1v) is 5.85. The summed E-state index contributed by atoms with van der Waals surface area (Å²) in [6.45, 7) is 0.658. The molecule has 84 valence electrons. The molecule has 0 aliphatic carbocycles. The predicted octanol–water partition coefficient (Wildman–Crippen LogP) is 2.45. The zero-order chi connectivity index (χ0) is 11.4. The number of nitrogens with two attached hydrogens (primary N) is 1. The van der Waals surface area contributed by atoms with Crippen LogP contribution in [0.2, 0.25) is 0 Å². The number of hydrogen-bond donors (Lipinski definition) is 3. The minimum Gasteiger partial charge on any atom is -0.409 e. The fourth-order valence-corrected chi connectivity index (χ4v) is 2.23. The lowest BCUT2D eigenvalue weighted by molar-refractivity contribution is 0.317. The van der Waals surface area contributed by atoms with Crippen LogP contribution in [0.4, 0.5) is 5.69 Å². The van der Waals surface area contributed by atoms with Gasteiger partial charge in [0, 0.05) is 23.4 Å². The summed E-state index contributed by atoms with van der Waals surface area (Å²) in [5, 5.41) is 17.8. The minimum atomic E-state index is 0.240. The van der Waals surface area contributed by atoms with E-state index in [1.165, 1.54) is 10.1 Å². The number of nitrogens with one attached hydrogen (secondary N) is 1. The van der Waals surface area contributed by atoms with Crippen LogP contribution in [-0.2, 0) is 0 Å². The maximum Gasteiger partial charge on any atom is 0.140 e. The monoisotopic (exact) mass is 235 g/mol. The van der Waals surface area contributed by atoms with Gasteiger partial charge in [-0.25, -0.2) is 0 Å². The van der Waals surface area contributed by atoms with Gasteiger partial charge in [-0.1, -0.05) is 5.16 Å². The van der Waals surface area contributed by atoms with Gasteiger partial charge in [0.1, 0.15) is 5.84 Å². The van der Waals surface area contributed by atoms with E-state index < -0.39 is 0 Å². The van der Waals surface area contributed by atoms with E-state index in [4.69, 9.17) is 10.9 Å². The minimum absolute atomic E-state index is 0.240. The van der Waals surface area contributed by atoms with Crippen LogP contribution in [0.3, 0.4) is 0 Å². The molecule has 0 atom stereocenters. The van der Waals surface area contributed by atoms with E-state index in [1.54, 1.807) is 11.3 Å². The van der Waals surface area contributed by atoms with E-state index in [9.17, 15) is 0 Å². The van der Waals surface area contributed by atoms with Crippen molar-refractivity contribution in [2.45, 2.75) is 6.42 Å². The smallest absolute Gasteiger partial charge is 0.140 e. The summed E-state index contributed by atoms with van der Waals surface area (Å²) in [6.07, 6.45) is 0.526. The predicted molar refractivity (Wildman–Crippen MR) is 68.3 cm³/mol. The van der Waals surface area contributed by atoms with Gasteiger partial charge in [-0.2, -0.15) is 0 Å². The van der Waals surface area contributed by atoms with Crippen LogP contribution in [0.15, 0.2) is 34.8 Å². The number of anilines is 1. The second-order valence-electron chi connectivity index (χ2n) is 3.44. The van der Waals surface area contributed by atoms with Gasteiger partial charge in [0.05, 0.1) is 0 Å². The lowest BCUT2D eigenvalue weighted by Crippen LogP contribution is -2.16. The topological polar surface area (TPSA) is 70.6 Å². The van der Waals surface area contributed by atoms with Crippen molar-refractivity contribution in [1.29, 1.82) is 0 Å². The molecule has 0 radical (unpaired) electrons. The molecule has 4 N–H and O–H groups in total. The first-order valence-electron chi connectivity index (χ1n) is 4.97. The summed E-state index contributed by atoms with van der Waals surface area (Å²) in [4.78, 5) is 0. The third-order valence-corrected chi connectivity index (χ3v) is 3.19. The zero-order valence-electron chi connectivity index (χ0n) is 8.68. The summed E-state index contributed by atoms with van der Waals surface area (Å²) >= 11 is 1.73. The molecular weight excluding hydrogens is 222 g/mol. The molecule has 2 rings (SSSR count). The quantitative estimate of drug-likeness (QED) is 0.330. The van der Waals surface area contributed by atoms with Crippen LogP contribution in [0.25, 0.3) is 10.1 Å². The Morgan fingerprint density at radius 1 is 1.44 bits per heavy atom. The van der Waals surface area contributed by atoms with Crippen LogP contribution in [0.1, 0.15) is 6.42 Å². The second kappa shape index (κ2) is 4.85. The molecule has 0 saturated heterocycles. The molecule has 0 aliphatic heterocycles. The molecular formula is C11H13N3OS. The third kappa shape index (κ3) is 2.43. The fraction of sp³-hybridized carbons (Fsp3) is 0.182. The number of fused-ring (bicyclic) bond motifs is 1. The van der Waals surface area contributed by atoms with Gasteiger partial charge in [-0.15, -0.1) is 11.3 Å². The van der Waals surface area contributed by atoms with Crippen molar-refractivity contribution >= 4 is 32.9 Å².